The van der Waals surface area contributed by atoms with Crippen molar-refractivity contribution >= 4 is 11.6 Å². The first-order valence-electron chi connectivity index (χ1n) is 11.5. The number of hydrogen-bond acceptors (Lipinski definition) is 8. The standard InChI is InChI=1S/C26H31N5O4/c1-26(2,3)34-16-21(27)24-28-23(30-35-24)22-14-20(29-33-4)15-31(22)25(32)19-12-10-18(11-13-19)17-8-6-5-7-9-17/h5-13,21-22H,14-16,27H2,1-4H3/t21-,22-/m0/s1. The summed E-state index contributed by atoms with van der Waals surface area (Å²) in [6, 6.07) is 16.5. The van der Waals surface area contributed by atoms with Crippen LogP contribution < -0.4 is 5.73 Å². The van der Waals surface area contributed by atoms with Crippen molar-refractivity contribution in [2.24, 2.45) is 10.9 Å². The Kier molecular flexibility index (Phi) is 7.28. The number of ether oxygens (including phenoxy) is 1. The zero-order chi connectivity index (χ0) is 25.0. The summed E-state index contributed by atoms with van der Waals surface area (Å²) in [6.07, 6.45) is 0.439. The SMILES string of the molecule is CON=C1C[C@@H](c2noc([C@@H](N)COC(C)(C)C)n2)N(C(=O)c2ccc(-c3ccccc3)cc2)C1. The van der Waals surface area contributed by atoms with Crippen molar-refractivity contribution in [3.8, 4) is 11.1 Å². The highest BCUT2D eigenvalue weighted by atomic mass is 16.6. The number of nitrogens with two attached hydrogens (primary N) is 1. The zero-order valence-electron chi connectivity index (χ0n) is 20.5. The average molecular weight is 478 g/mol. The summed E-state index contributed by atoms with van der Waals surface area (Å²) >= 11 is 0. The van der Waals surface area contributed by atoms with Crippen LogP contribution in [-0.2, 0) is 9.57 Å². The van der Waals surface area contributed by atoms with Gasteiger partial charge in [0.05, 0.1) is 24.5 Å². The molecule has 0 unspecified atom stereocenters. The molecule has 3 aromatic rings. The van der Waals surface area contributed by atoms with Gasteiger partial charge in [0.1, 0.15) is 19.2 Å². The minimum Gasteiger partial charge on any atom is -0.399 e. The average Bonchev–Trinajstić information content (AvgIpc) is 3.50. The molecular formula is C26H31N5O4. The van der Waals surface area contributed by atoms with Crippen LogP contribution in [0, 0.1) is 0 Å². The molecule has 0 saturated carbocycles. The van der Waals surface area contributed by atoms with Crippen LogP contribution in [0.15, 0.2) is 64.3 Å². The summed E-state index contributed by atoms with van der Waals surface area (Å²) in [5.41, 5.74) is 9.26. The summed E-state index contributed by atoms with van der Waals surface area (Å²) in [5.74, 6) is 0.491. The van der Waals surface area contributed by atoms with E-state index in [0.717, 1.165) is 16.8 Å². The van der Waals surface area contributed by atoms with Crippen LogP contribution in [0.3, 0.4) is 0 Å². The van der Waals surface area contributed by atoms with Gasteiger partial charge < -0.3 is 24.7 Å². The Labute approximate surface area is 204 Å². The largest absolute Gasteiger partial charge is 0.399 e. The van der Waals surface area contributed by atoms with Crippen molar-refractivity contribution in [3.05, 3.63) is 71.9 Å². The van der Waals surface area contributed by atoms with E-state index in [9.17, 15) is 4.79 Å². The molecular weight excluding hydrogens is 446 g/mol. The van der Waals surface area contributed by atoms with E-state index in [0.29, 0.717) is 24.4 Å². The quantitative estimate of drug-likeness (QED) is 0.508. The van der Waals surface area contributed by atoms with Gasteiger partial charge in [-0.3, -0.25) is 4.79 Å². The molecule has 4 rings (SSSR count). The Hall–Kier alpha value is -3.56. The van der Waals surface area contributed by atoms with Gasteiger partial charge in [0, 0.05) is 12.0 Å². The maximum absolute atomic E-state index is 13.5. The third kappa shape index (κ3) is 5.93. The lowest BCUT2D eigenvalue weighted by Crippen LogP contribution is -2.32. The van der Waals surface area contributed by atoms with Crippen LogP contribution >= 0.6 is 0 Å². The predicted octanol–water partition coefficient (Wildman–Crippen LogP) is 4.14. The molecule has 184 valence electrons. The van der Waals surface area contributed by atoms with Gasteiger partial charge >= 0.3 is 0 Å². The van der Waals surface area contributed by atoms with Crippen LogP contribution in [0.25, 0.3) is 11.1 Å². The van der Waals surface area contributed by atoms with E-state index in [1.807, 2.05) is 75.4 Å². The number of rotatable bonds is 7. The third-order valence-electron chi connectivity index (χ3n) is 5.65. The third-order valence-corrected chi connectivity index (χ3v) is 5.65. The number of carbonyl (C=O) groups excluding carboxylic acids is 1. The molecule has 1 aromatic heterocycles. The molecule has 1 saturated heterocycles. The lowest BCUT2D eigenvalue weighted by Gasteiger charge is -2.22. The van der Waals surface area contributed by atoms with Gasteiger partial charge in [-0.2, -0.15) is 4.98 Å². The number of amides is 1. The summed E-state index contributed by atoms with van der Waals surface area (Å²) in [5, 5.41) is 8.20. The maximum atomic E-state index is 13.5. The van der Waals surface area contributed by atoms with Crippen molar-refractivity contribution in [1.82, 2.24) is 15.0 Å². The molecule has 2 N–H and O–H groups in total. The van der Waals surface area contributed by atoms with Gasteiger partial charge in [0.25, 0.3) is 5.91 Å². The normalized spacial score (nSPS) is 18.1. The van der Waals surface area contributed by atoms with Crippen molar-refractivity contribution < 1.29 is 18.9 Å². The molecule has 0 spiro atoms. The van der Waals surface area contributed by atoms with Crippen LogP contribution in [-0.4, -0.2) is 52.5 Å². The fourth-order valence-corrected chi connectivity index (χ4v) is 3.89. The molecule has 2 aromatic carbocycles. The Balaban J connectivity index is 1.54. The van der Waals surface area contributed by atoms with E-state index in [4.69, 9.17) is 19.8 Å². The fourth-order valence-electron chi connectivity index (χ4n) is 3.89. The number of oxime groups is 1. The summed E-state index contributed by atoms with van der Waals surface area (Å²) in [7, 11) is 1.48. The Bertz CT molecular complexity index is 1170. The smallest absolute Gasteiger partial charge is 0.254 e. The molecule has 1 aliphatic heterocycles. The minimum absolute atomic E-state index is 0.150. The lowest BCUT2D eigenvalue weighted by molar-refractivity contribution is -0.0134. The van der Waals surface area contributed by atoms with E-state index in [2.05, 4.69) is 15.3 Å². The first kappa shape index (κ1) is 24.6. The van der Waals surface area contributed by atoms with Gasteiger partial charge in [-0.05, 0) is 44.0 Å². The highest BCUT2D eigenvalue weighted by Crippen LogP contribution is 2.32. The molecule has 1 amide bonds. The molecule has 9 heteroatoms. The van der Waals surface area contributed by atoms with E-state index < -0.39 is 12.1 Å². The summed E-state index contributed by atoms with van der Waals surface area (Å²) in [6.45, 7) is 6.39. The second-order valence-corrected chi connectivity index (χ2v) is 9.46. The molecule has 1 fully saturated rings. The first-order chi connectivity index (χ1) is 16.7. The number of carbonyl (C=O) groups is 1. The van der Waals surface area contributed by atoms with Gasteiger partial charge in [-0.1, -0.05) is 52.8 Å². The number of likely N-dealkylation sites (tertiary alicyclic amines) is 1. The molecule has 2 heterocycles. The van der Waals surface area contributed by atoms with Crippen LogP contribution in [0.5, 0.6) is 0 Å². The minimum atomic E-state index is -0.571. The number of nitrogens with zero attached hydrogens (tertiary/aromatic N) is 4. The second-order valence-electron chi connectivity index (χ2n) is 9.46. The molecule has 9 nitrogen and oxygen atoms in total. The van der Waals surface area contributed by atoms with Crippen LogP contribution in [0.4, 0.5) is 0 Å². The lowest BCUT2D eigenvalue weighted by atomic mass is 10.0. The first-order valence-corrected chi connectivity index (χ1v) is 11.5. The van der Waals surface area contributed by atoms with Crippen molar-refractivity contribution in [2.45, 2.75) is 44.9 Å². The zero-order valence-corrected chi connectivity index (χ0v) is 20.5. The molecule has 0 bridgehead atoms. The Morgan fingerprint density at radius 3 is 2.51 bits per heavy atom. The van der Waals surface area contributed by atoms with Gasteiger partial charge in [-0.25, -0.2) is 0 Å². The van der Waals surface area contributed by atoms with Gasteiger partial charge in [0.15, 0.2) is 5.82 Å². The number of hydrogen-bond donors (Lipinski definition) is 1. The van der Waals surface area contributed by atoms with E-state index in [1.165, 1.54) is 7.11 Å². The molecule has 0 aliphatic carbocycles. The Morgan fingerprint density at radius 1 is 1.17 bits per heavy atom. The molecule has 35 heavy (non-hydrogen) atoms. The van der Waals surface area contributed by atoms with E-state index >= 15 is 0 Å². The highest BCUT2D eigenvalue weighted by Gasteiger charge is 2.38. The number of aromatic nitrogens is 2. The fraction of sp³-hybridized carbons (Fsp3) is 0.385. The second kappa shape index (κ2) is 10.4. The van der Waals surface area contributed by atoms with Gasteiger partial charge in [-0.15, -0.1) is 0 Å². The highest BCUT2D eigenvalue weighted by molar-refractivity contribution is 6.00. The van der Waals surface area contributed by atoms with Crippen LogP contribution in [0.2, 0.25) is 0 Å². The monoisotopic (exact) mass is 477 g/mol. The van der Waals surface area contributed by atoms with Crippen molar-refractivity contribution in [2.75, 3.05) is 20.3 Å². The van der Waals surface area contributed by atoms with E-state index in [-0.39, 0.29) is 24.0 Å². The van der Waals surface area contributed by atoms with Crippen LogP contribution in [0.1, 0.15) is 61.3 Å². The topological polar surface area (TPSA) is 116 Å². The van der Waals surface area contributed by atoms with E-state index in [1.54, 1.807) is 4.90 Å². The molecule has 0 radical (unpaired) electrons. The van der Waals surface area contributed by atoms with Gasteiger partial charge in [0.2, 0.25) is 5.89 Å². The molecule has 2 atom stereocenters. The van der Waals surface area contributed by atoms with Crippen molar-refractivity contribution in [3.63, 3.8) is 0 Å². The summed E-state index contributed by atoms with van der Waals surface area (Å²) in [4.78, 5) is 24.6. The predicted molar refractivity (Wildman–Crippen MR) is 132 cm³/mol. The maximum Gasteiger partial charge on any atom is 0.254 e. The van der Waals surface area contributed by atoms with Crippen molar-refractivity contribution in [1.29, 1.82) is 0 Å². The Morgan fingerprint density at radius 2 is 1.86 bits per heavy atom. The molecule has 1 aliphatic rings. The summed E-state index contributed by atoms with van der Waals surface area (Å²) < 4.78 is 11.2. The number of benzene rings is 2.